The molecule has 2 rings (SSSR count). The van der Waals surface area contributed by atoms with Crippen LogP contribution in [0.5, 0.6) is 0 Å². The number of hydrogen-bond acceptors (Lipinski definition) is 4. The molecule has 2 aliphatic heterocycles. The topological polar surface area (TPSA) is 59.1 Å². The zero-order valence-corrected chi connectivity index (χ0v) is 15.5. The number of nitrogens with zero attached hydrogens (tertiary/aromatic N) is 2. The lowest BCUT2D eigenvalue weighted by Crippen LogP contribution is -2.54. The van der Waals surface area contributed by atoms with Gasteiger partial charge in [0, 0.05) is 32.2 Å². The summed E-state index contributed by atoms with van der Waals surface area (Å²) in [6.45, 7) is 11.0. The third-order valence-electron chi connectivity index (χ3n) is 4.61. The molecule has 2 atom stereocenters. The zero-order valence-electron chi connectivity index (χ0n) is 15.5. The fourth-order valence-corrected chi connectivity index (χ4v) is 3.35. The van der Waals surface area contributed by atoms with Crippen molar-refractivity contribution < 1.29 is 19.1 Å². The minimum absolute atomic E-state index is 0.0509. The maximum absolute atomic E-state index is 13.0. The van der Waals surface area contributed by atoms with Crippen LogP contribution in [-0.2, 0) is 14.3 Å². The Labute approximate surface area is 145 Å². The van der Waals surface area contributed by atoms with Gasteiger partial charge in [-0.1, -0.05) is 0 Å². The molecule has 2 aliphatic rings. The third kappa shape index (κ3) is 5.10. The monoisotopic (exact) mass is 340 g/mol. The number of likely N-dealkylation sites (N-methyl/N-ethyl adjacent to an activating group) is 1. The highest BCUT2D eigenvalue weighted by molar-refractivity contribution is 5.86. The van der Waals surface area contributed by atoms with E-state index >= 15 is 0 Å². The van der Waals surface area contributed by atoms with E-state index < -0.39 is 11.6 Å². The van der Waals surface area contributed by atoms with Crippen LogP contribution < -0.4 is 0 Å². The predicted molar refractivity (Wildman–Crippen MR) is 91.8 cm³/mol. The van der Waals surface area contributed by atoms with Gasteiger partial charge in [-0.25, -0.2) is 4.79 Å². The summed E-state index contributed by atoms with van der Waals surface area (Å²) < 4.78 is 10.9. The van der Waals surface area contributed by atoms with E-state index in [1.165, 1.54) is 0 Å². The van der Waals surface area contributed by atoms with Gasteiger partial charge in [0.1, 0.15) is 11.6 Å². The maximum Gasteiger partial charge on any atom is 0.410 e. The molecular weight excluding hydrogens is 308 g/mol. The number of hydrogen-bond donors (Lipinski definition) is 0. The van der Waals surface area contributed by atoms with E-state index in [1.807, 2.05) is 32.6 Å². The first-order valence-electron chi connectivity index (χ1n) is 9.18. The summed E-state index contributed by atoms with van der Waals surface area (Å²) >= 11 is 0. The highest BCUT2D eigenvalue weighted by atomic mass is 16.6. The van der Waals surface area contributed by atoms with Crippen LogP contribution in [0.2, 0.25) is 0 Å². The van der Waals surface area contributed by atoms with E-state index in [2.05, 4.69) is 0 Å². The Balaban J connectivity index is 2.03. The van der Waals surface area contributed by atoms with Crippen molar-refractivity contribution in [3.8, 4) is 0 Å². The van der Waals surface area contributed by atoms with Gasteiger partial charge in [0.25, 0.3) is 0 Å². The van der Waals surface area contributed by atoms with Crippen LogP contribution in [0.15, 0.2) is 0 Å². The normalized spacial score (nSPS) is 24.8. The minimum atomic E-state index is -0.548. The second-order valence-corrected chi connectivity index (χ2v) is 7.79. The van der Waals surface area contributed by atoms with E-state index in [1.54, 1.807) is 4.90 Å². The van der Waals surface area contributed by atoms with Gasteiger partial charge < -0.3 is 14.4 Å². The summed E-state index contributed by atoms with van der Waals surface area (Å²) in [5.41, 5.74) is -0.548. The second kappa shape index (κ2) is 8.19. The molecule has 138 valence electrons. The largest absolute Gasteiger partial charge is 0.444 e. The van der Waals surface area contributed by atoms with Crippen molar-refractivity contribution in [2.24, 2.45) is 5.92 Å². The van der Waals surface area contributed by atoms with Crippen LogP contribution in [0.4, 0.5) is 4.79 Å². The van der Waals surface area contributed by atoms with E-state index in [4.69, 9.17) is 9.47 Å². The smallest absolute Gasteiger partial charge is 0.410 e. The Hall–Kier alpha value is -1.30. The average molecular weight is 340 g/mol. The van der Waals surface area contributed by atoms with Crippen LogP contribution in [0.1, 0.15) is 53.4 Å². The van der Waals surface area contributed by atoms with Gasteiger partial charge in [0.2, 0.25) is 5.91 Å². The molecule has 0 spiro atoms. The van der Waals surface area contributed by atoms with Crippen molar-refractivity contribution in [2.75, 3.05) is 32.8 Å². The molecule has 6 heteroatoms. The van der Waals surface area contributed by atoms with Gasteiger partial charge in [0.15, 0.2) is 0 Å². The summed E-state index contributed by atoms with van der Waals surface area (Å²) in [5, 5.41) is 0. The lowest BCUT2D eigenvalue weighted by molar-refractivity contribution is -0.138. The fourth-order valence-electron chi connectivity index (χ4n) is 3.35. The van der Waals surface area contributed by atoms with E-state index in [-0.39, 0.29) is 12.0 Å². The molecule has 6 nitrogen and oxygen atoms in total. The molecule has 0 saturated carbocycles. The molecule has 0 aliphatic carbocycles. The lowest BCUT2D eigenvalue weighted by atomic mass is 10.0. The molecule has 0 radical (unpaired) electrons. The Morgan fingerprint density at radius 2 is 2.00 bits per heavy atom. The van der Waals surface area contributed by atoms with Crippen molar-refractivity contribution in [1.82, 2.24) is 9.80 Å². The molecular formula is C18H32N2O4. The predicted octanol–water partition coefficient (Wildman–Crippen LogP) is 2.66. The molecule has 0 N–H and O–H groups in total. The third-order valence-corrected chi connectivity index (χ3v) is 4.61. The van der Waals surface area contributed by atoms with Gasteiger partial charge >= 0.3 is 6.09 Å². The summed E-state index contributed by atoms with van der Waals surface area (Å²) in [5.74, 6) is 0.461. The van der Waals surface area contributed by atoms with Crippen molar-refractivity contribution >= 4 is 12.0 Å². The Morgan fingerprint density at radius 1 is 1.25 bits per heavy atom. The van der Waals surface area contributed by atoms with Gasteiger partial charge in [-0.15, -0.1) is 0 Å². The van der Waals surface area contributed by atoms with E-state index in [0.717, 1.165) is 38.9 Å². The first-order valence-corrected chi connectivity index (χ1v) is 9.18. The fraction of sp³-hybridized carbons (Fsp3) is 0.889. The lowest BCUT2D eigenvalue weighted by Gasteiger charge is -2.38. The Morgan fingerprint density at radius 3 is 2.58 bits per heavy atom. The quantitative estimate of drug-likeness (QED) is 0.789. The second-order valence-electron chi connectivity index (χ2n) is 7.79. The number of rotatable bonds is 4. The number of piperidine rings is 1. The Bertz CT molecular complexity index is 441. The summed E-state index contributed by atoms with van der Waals surface area (Å²) in [4.78, 5) is 29.0. The molecule has 2 fully saturated rings. The van der Waals surface area contributed by atoms with Crippen LogP contribution in [0, 0.1) is 5.92 Å². The van der Waals surface area contributed by atoms with Gasteiger partial charge in [-0.3, -0.25) is 9.69 Å². The Kier molecular flexibility index (Phi) is 6.49. The molecule has 0 aromatic heterocycles. The molecule has 2 heterocycles. The average Bonchev–Trinajstić information content (AvgIpc) is 3.03. The number of likely N-dealkylation sites (tertiary alicyclic amines) is 1. The van der Waals surface area contributed by atoms with E-state index in [9.17, 15) is 9.59 Å². The first kappa shape index (κ1) is 19.0. The van der Waals surface area contributed by atoms with Gasteiger partial charge in [0.05, 0.1) is 6.61 Å². The van der Waals surface area contributed by atoms with Crippen molar-refractivity contribution in [3.63, 3.8) is 0 Å². The maximum atomic E-state index is 13.0. The summed E-state index contributed by atoms with van der Waals surface area (Å²) in [7, 11) is 0. The summed E-state index contributed by atoms with van der Waals surface area (Å²) in [6, 6.07) is -0.393. The number of amides is 2. The van der Waals surface area contributed by atoms with Crippen LogP contribution in [0.25, 0.3) is 0 Å². The highest BCUT2D eigenvalue weighted by Crippen LogP contribution is 2.23. The van der Waals surface area contributed by atoms with Crippen LogP contribution in [-0.4, -0.2) is 66.3 Å². The molecule has 0 aromatic rings. The molecule has 2 saturated heterocycles. The minimum Gasteiger partial charge on any atom is -0.444 e. The zero-order chi connectivity index (χ0) is 17.7. The van der Waals surface area contributed by atoms with Gasteiger partial charge in [-0.2, -0.15) is 0 Å². The number of ether oxygens (including phenoxy) is 2. The van der Waals surface area contributed by atoms with Crippen LogP contribution >= 0.6 is 0 Å². The van der Waals surface area contributed by atoms with Gasteiger partial charge in [-0.05, 0) is 53.4 Å². The number of carbonyl (C=O) groups is 2. The molecule has 0 bridgehead atoms. The van der Waals surface area contributed by atoms with Crippen molar-refractivity contribution in [3.05, 3.63) is 0 Å². The first-order chi connectivity index (χ1) is 11.3. The SMILES string of the molecule is CCN(C[C@@H]1CCOC1)C(=O)[C@@H]1CCCCN1C(=O)OC(C)(C)C. The molecule has 24 heavy (non-hydrogen) atoms. The highest BCUT2D eigenvalue weighted by Gasteiger charge is 2.37. The van der Waals surface area contributed by atoms with Crippen molar-refractivity contribution in [1.29, 1.82) is 0 Å². The standard InChI is InChI=1S/C18H32N2O4/c1-5-19(12-14-9-11-23-13-14)16(21)15-8-6-7-10-20(15)17(22)24-18(2,3)4/h14-15H,5-13H2,1-4H3/t14-,15-/m0/s1. The molecule has 0 unspecified atom stereocenters. The molecule has 2 amide bonds. The number of carbonyl (C=O) groups excluding carboxylic acids is 2. The molecule has 0 aromatic carbocycles. The van der Waals surface area contributed by atoms with Crippen LogP contribution in [0.3, 0.4) is 0 Å². The van der Waals surface area contributed by atoms with E-state index in [0.29, 0.717) is 25.6 Å². The summed E-state index contributed by atoms with van der Waals surface area (Å²) in [6.07, 6.45) is 3.24. The van der Waals surface area contributed by atoms with Crippen molar-refractivity contribution in [2.45, 2.75) is 65.0 Å².